The maximum Gasteiger partial charge on any atom is 0.269 e. The highest BCUT2D eigenvalue weighted by Gasteiger charge is 2.27. The van der Waals surface area contributed by atoms with Gasteiger partial charge in [0, 0.05) is 44.4 Å². The monoisotopic (exact) mass is 274 g/mol. The molecule has 3 rings (SSSR count). The number of hydrogen-bond acceptors (Lipinski definition) is 3. The standard InChI is InChI=1S/C15H22N4O/c1-18-13-7-8-19(9-11-5-3-2-4-6-11)10-12(13)14(17-18)15(16)20/h2-3,11H,4-10H2,1H3,(H2,16,20). The molecular weight excluding hydrogens is 252 g/mol. The number of primary amides is 1. The number of carbonyl (C=O) groups is 1. The van der Waals surface area contributed by atoms with Crippen LogP contribution in [0.1, 0.15) is 41.0 Å². The third kappa shape index (κ3) is 2.50. The van der Waals surface area contributed by atoms with Gasteiger partial charge in [-0.1, -0.05) is 12.2 Å². The Hall–Kier alpha value is -1.62. The van der Waals surface area contributed by atoms with Gasteiger partial charge in [-0.3, -0.25) is 14.4 Å². The van der Waals surface area contributed by atoms with Gasteiger partial charge >= 0.3 is 0 Å². The van der Waals surface area contributed by atoms with E-state index in [1.54, 1.807) is 0 Å². The highest BCUT2D eigenvalue weighted by Crippen LogP contribution is 2.25. The van der Waals surface area contributed by atoms with Crippen LogP contribution in [0.15, 0.2) is 12.2 Å². The number of nitrogens with two attached hydrogens (primary N) is 1. The lowest BCUT2D eigenvalue weighted by Crippen LogP contribution is -2.35. The van der Waals surface area contributed by atoms with E-state index in [1.807, 2.05) is 11.7 Å². The quantitative estimate of drug-likeness (QED) is 0.843. The van der Waals surface area contributed by atoms with Crippen LogP contribution in [0.3, 0.4) is 0 Å². The number of allylic oxidation sites excluding steroid dienone is 2. The fraction of sp³-hybridized carbons (Fsp3) is 0.600. The second-order valence-electron chi connectivity index (χ2n) is 5.90. The largest absolute Gasteiger partial charge is 0.364 e. The van der Waals surface area contributed by atoms with E-state index < -0.39 is 5.91 Å². The molecule has 1 amide bonds. The van der Waals surface area contributed by atoms with Gasteiger partial charge in [-0.15, -0.1) is 0 Å². The summed E-state index contributed by atoms with van der Waals surface area (Å²) in [6.07, 6.45) is 9.17. The first-order valence-corrected chi connectivity index (χ1v) is 7.37. The summed E-state index contributed by atoms with van der Waals surface area (Å²) in [6.45, 7) is 2.96. The molecule has 0 saturated heterocycles. The van der Waals surface area contributed by atoms with Gasteiger partial charge in [-0.05, 0) is 25.2 Å². The van der Waals surface area contributed by atoms with Gasteiger partial charge in [0.2, 0.25) is 0 Å². The maximum absolute atomic E-state index is 11.5. The molecule has 5 heteroatoms. The first-order chi connectivity index (χ1) is 9.65. The van der Waals surface area contributed by atoms with Crippen LogP contribution in [0.4, 0.5) is 0 Å². The molecule has 1 atom stereocenters. The van der Waals surface area contributed by atoms with Crippen molar-refractivity contribution in [3.63, 3.8) is 0 Å². The molecule has 0 aromatic carbocycles. The number of rotatable bonds is 3. The summed E-state index contributed by atoms with van der Waals surface area (Å²) in [7, 11) is 1.90. The topological polar surface area (TPSA) is 64.2 Å². The number of nitrogens with zero attached hydrogens (tertiary/aromatic N) is 3. The molecule has 5 nitrogen and oxygen atoms in total. The summed E-state index contributed by atoms with van der Waals surface area (Å²) in [5.74, 6) is 0.333. The minimum absolute atomic E-state index is 0.413. The summed E-state index contributed by atoms with van der Waals surface area (Å²) >= 11 is 0. The molecule has 2 heterocycles. The molecule has 0 fully saturated rings. The minimum Gasteiger partial charge on any atom is -0.364 e. The van der Waals surface area contributed by atoms with E-state index in [2.05, 4.69) is 22.2 Å². The summed E-state index contributed by atoms with van der Waals surface area (Å²) in [4.78, 5) is 13.9. The molecule has 20 heavy (non-hydrogen) atoms. The van der Waals surface area contributed by atoms with E-state index in [4.69, 9.17) is 5.73 Å². The Morgan fingerprint density at radius 1 is 1.50 bits per heavy atom. The van der Waals surface area contributed by atoms with Gasteiger partial charge < -0.3 is 5.73 Å². The zero-order chi connectivity index (χ0) is 14.1. The smallest absolute Gasteiger partial charge is 0.269 e. The van der Waals surface area contributed by atoms with E-state index in [0.29, 0.717) is 5.69 Å². The summed E-state index contributed by atoms with van der Waals surface area (Å²) < 4.78 is 1.82. The van der Waals surface area contributed by atoms with E-state index >= 15 is 0 Å². The van der Waals surface area contributed by atoms with Crippen molar-refractivity contribution in [1.29, 1.82) is 0 Å². The lowest BCUT2D eigenvalue weighted by atomic mass is 9.93. The Morgan fingerprint density at radius 3 is 3.05 bits per heavy atom. The van der Waals surface area contributed by atoms with Crippen LogP contribution in [0.5, 0.6) is 0 Å². The molecule has 0 radical (unpaired) electrons. The normalized spacial score (nSPS) is 22.8. The van der Waals surface area contributed by atoms with E-state index in [0.717, 1.165) is 37.5 Å². The van der Waals surface area contributed by atoms with Crippen LogP contribution in [0.25, 0.3) is 0 Å². The molecule has 0 bridgehead atoms. The number of fused-ring (bicyclic) bond motifs is 1. The number of carbonyl (C=O) groups excluding carboxylic acids is 1. The van der Waals surface area contributed by atoms with E-state index in [9.17, 15) is 4.79 Å². The van der Waals surface area contributed by atoms with Crippen molar-refractivity contribution in [2.75, 3.05) is 13.1 Å². The maximum atomic E-state index is 11.5. The molecule has 1 aliphatic heterocycles. The Bertz CT molecular complexity index is 546. The predicted molar refractivity (Wildman–Crippen MR) is 77.2 cm³/mol. The molecule has 1 aromatic rings. The van der Waals surface area contributed by atoms with Gasteiger partial charge in [-0.2, -0.15) is 5.10 Å². The lowest BCUT2D eigenvalue weighted by molar-refractivity contribution is 0.0992. The van der Waals surface area contributed by atoms with Crippen LogP contribution < -0.4 is 5.73 Å². The Morgan fingerprint density at radius 2 is 2.35 bits per heavy atom. The van der Waals surface area contributed by atoms with Crippen LogP contribution in [0, 0.1) is 5.92 Å². The van der Waals surface area contributed by atoms with Gasteiger partial charge in [0.1, 0.15) is 0 Å². The number of aromatic nitrogens is 2. The summed E-state index contributed by atoms with van der Waals surface area (Å²) in [5, 5.41) is 4.28. The Kier molecular flexibility index (Phi) is 3.61. The molecular formula is C15H22N4O. The highest BCUT2D eigenvalue weighted by molar-refractivity contribution is 5.92. The molecule has 108 valence electrons. The van der Waals surface area contributed by atoms with Crippen LogP contribution >= 0.6 is 0 Å². The van der Waals surface area contributed by atoms with Gasteiger partial charge in [0.05, 0.1) is 0 Å². The third-order valence-corrected chi connectivity index (χ3v) is 4.45. The second-order valence-corrected chi connectivity index (χ2v) is 5.90. The number of aryl methyl sites for hydroxylation is 1. The lowest BCUT2D eigenvalue weighted by Gasteiger charge is -2.31. The van der Waals surface area contributed by atoms with Crippen LogP contribution in [0.2, 0.25) is 0 Å². The number of amides is 1. The minimum atomic E-state index is -0.413. The van der Waals surface area contributed by atoms with E-state index in [1.165, 1.54) is 25.0 Å². The van der Waals surface area contributed by atoms with Gasteiger partial charge in [0.15, 0.2) is 5.69 Å². The van der Waals surface area contributed by atoms with Crippen molar-refractivity contribution in [2.24, 2.45) is 18.7 Å². The molecule has 0 saturated carbocycles. The summed E-state index contributed by atoms with van der Waals surface area (Å²) in [6, 6.07) is 0. The molecule has 2 aliphatic rings. The van der Waals surface area contributed by atoms with Crippen molar-refractivity contribution in [3.8, 4) is 0 Å². The fourth-order valence-electron chi connectivity index (χ4n) is 3.39. The first kappa shape index (κ1) is 13.4. The predicted octanol–water partition coefficient (Wildman–Crippen LogP) is 1.23. The fourth-order valence-corrected chi connectivity index (χ4v) is 3.39. The van der Waals surface area contributed by atoms with Crippen molar-refractivity contribution in [3.05, 3.63) is 29.1 Å². The first-order valence-electron chi connectivity index (χ1n) is 7.37. The van der Waals surface area contributed by atoms with Crippen molar-refractivity contribution in [1.82, 2.24) is 14.7 Å². The van der Waals surface area contributed by atoms with E-state index in [-0.39, 0.29) is 0 Å². The van der Waals surface area contributed by atoms with Gasteiger partial charge in [-0.25, -0.2) is 0 Å². The SMILES string of the molecule is Cn1nc(C(N)=O)c2c1CCN(CC1CC=CCC1)C2. The van der Waals surface area contributed by atoms with Crippen molar-refractivity contribution in [2.45, 2.75) is 32.2 Å². The van der Waals surface area contributed by atoms with Gasteiger partial charge in [0.25, 0.3) is 5.91 Å². The Labute approximate surface area is 119 Å². The second kappa shape index (κ2) is 5.40. The molecule has 1 aliphatic carbocycles. The number of hydrogen-bond donors (Lipinski definition) is 1. The van der Waals surface area contributed by atoms with Crippen LogP contribution in [-0.2, 0) is 20.0 Å². The average molecular weight is 274 g/mol. The summed E-state index contributed by atoms with van der Waals surface area (Å²) in [5.41, 5.74) is 8.10. The zero-order valence-corrected chi connectivity index (χ0v) is 12.0. The molecule has 2 N–H and O–H groups in total. The third-order valence-electron chi connectivity index (χ3n) is 4.45. The molecule has 1 aromatic heterocycles. The zero-order valence-electron chi connectivity index (χ0n) is 12.0. The van der Waals surface area contributed by atoms with Crippen molar-refractivity contribution >= 4 is 5.91 Å². The highest BCUT2D eigenvalue weighted by atomic mass is 16.1. The Balaban J connectivity index is 1.74. The average Bonchev–Trinajstić information content (AvgIpc) is 2.77. The molecule has 0 spiro atoms. The molecule has 1 unspecified atom stereocenters. The van der Waals surface area contributed by atoms with Crippen LogP contribution in [-0.4, -0.2) is 33.7 Å². The van der Waals surface area contributed by atoms with Crippen molar-refractivity contribution < 1.29 is 4.79 Å².